The van der Waals surface area contributed by atoms with Crippen LogP contribution in [0.2, 0.25) is 0 Å². The summed E-state index contributed by atoms with van der Waals surface area (Å²) in [6, 6.07) is 4.44. The Morgan fingerprint density at radius 3 is 2.63 bits per heavy atom. The number of benzene rings is 1. The summed E-state index contributed by atoms with van der Waals surface area (Å²) < 4.78 is 13.8. The Bertz CT molecular complexity index is 473. The monoisotopic (exact) mass is 391 g/mol. The molecule has 5 heteroatoms. The third-order valence-electron chi connectivity index (χ3n) is 3.75. The van der Waals surface area contributed by atoms with Crippen molar-refractivity contribution in [1.29, 1.82) is 0 Å². The van der Waals surface area contributed by atoms with Crippen LogP contribution < -0.4 is 5.32 Å². The summed E-state index contributed by atoms with van der Waals surface area (Å²) in [6.07, 6.45) is 4.70. The van der Waals surface area contributed by atoms with E-state index in [1.807, 2.05) is 0 Å². The summed E-state index contributed by atoms with van der Waals surface area (Å²) >= 11 is 6.62. The van der Waals surface area contributed by atoms with Crippen molar-refractivity contribution >= 4 is 37.8 Å². The molecule has 2 nitrogen and oxygen atoms in total. The third-order valence-corrected chi connectivity index (χ3v) is 5.59. The molecule has 1 aromatic rings. The standard InChI is InChI=1S/C14H16Br2FNO/c15-8-14(5-1-2-6-14)9-18-13(19)10-3-4-11(16)12(17)7-10/h3-4,7H,1-2,5-6,8-9H2,(H,18,19). The maximum absolute atomic E-state index is 13.4. The zero-order chi connectivity index (χ0) is 13.9. The van der Waals surface area contributed by atoms with E-state index in [2.05, 4.69) is 37.2 Å². The number of nitrogens with one attached hydrogen (secondary N) is 1. The van der Waals surface area contributed by atoms with Gasteiger partial charge in [0.15, 0.2) is 0 Å². The summed E-state index contributed by atoms with van der Waals surface area (Å²) in [6.45, 7) is 0.648. The highest BCUT2D eigenvalue weighted by atomic mass is 79.9. The van der Waals surface area contributed by atoms with Gasteiger partial charge in [-0.25, -0.2) is 4.39 Å². The van der Waals surface area contributed by atoms with Gasteiger partial charge >= 0.3 is 0 Å². The van der Waals surface area contributed by atoms with Crippen LogP contribution in [0.15, 0.2) is 22.7 Å². The molecule has 0 aromatic heterocycles. The molecule has 0 bridgehead atoms. The molecule has 1 fully saturated rings. The normalized spacial score (nSPS) is 17.4. The molecule has 0 saturated heterocycles. The first-order valence-corrected chi connectivity index (χ1v) is 8.27. The number of amides is 1. The quantitative estimate of drug-likeness (QED) is 0.761. The molecule has 0 aliphatic heterocycles. The highest BCUT2D eigenvalue weighted by Gasteiger charge is 2.33. The number of halogens is 3. The molecule has 1 aliphatic carbocycles. The molecule has 1 saturated carbocycles. The minimum atomic E-state index is -0.413. The van der Waals surface area contributed by atoms with Crippen LogP contribution in [-0.2, 0) is 0 Å². The maximum atomic E-state index is 13.4. The molecule has 104 valence electrons. The zero-order valence-corrected chi connectivity index (χ0v) is 13.7. The van der Waals surface area contributed by atoms with Crippen molar-refractivity contribution in [2.24, 2.45) is 5.41 Å². The van der Waals surface area contributed by atoms with E-state index in [-0.39, 0.29) is 11.3 Å². The lowest BCUT2D eigenvalue weighted by molar-refractivity contribution is 0.0935. The molecule has 2 rings (SSSR count). The van der Waals surface area contributed by atoms with Crippen molar-refractivity contribution in [2.75, 3.05) is 11.9 Å². The van der Waals surface area contributed by atoms with Gasteiger partial charge in [-0.05, 0) is 52.4 Å². The minimum absolute atomic E-state index is 0.170. The van der Waals surface area contributed by atoms with Gasteiger partial charge in [-0.3, -0.25) is 4.79 Å². The first-order chi connectivity index (χ1) is 9.06. The van der Waals surface area contributed by atoms with Gasteiger partial charge in [-0.15, -0.1) is 0 Å². The largest absolute Gasteiger partial charge is 0.351 e. The molecule has 19 heavy (non-hydrogen) atoms. The fraction of sp³-hybridized carbons (Fsp3) is 0.500. The second-order valence-corrected chi connectivity index (χ2v) is 6.57. The number of alkyl halides is 1. The molecule has 0 radical (unpaired) electrons. The van der Waals surface area contributed by atoms with Crippen molar-refractivity contribution in [2.45, 2.75) is 25.7 Å². The van der Waals surface area contributed by atoms with E-state index in [1.165, 1.54) is 18.9 Å². The van der Waals surface area contributed by atoms with E-state index in [9.17, 15) is 9.18 Å². The molecular weight excluding hydrogens is 377 g/mol. The van der Waals surface area contributed by atoms with Crippen LogP contribution in [0.3, 0.4) is 0 Å². The molecule has 0 atom stereocenters. The van der Waals surface area contributed by atoms with E-state index in [4.69, 9.17) is 0 Å². The van der Waals surface area contributed by atoms with Crippen LogP contribution >= 0.6 is 31.9 Å². The average Bonchev–Trinajstić information content (AvgIpc) is 2.89. The van der Waals surface area contributed by atoms with Gasteiger partial charge in [-0.2, -0.15) is 0 Å². The topological polar surface area (TPSA) is 29.1 Å². The molecule has 0 spiro atoms. The summed E-state index contributed by atoms with van der Waals surface area (Å²) in [4.78, 5) is 12.0. The van der Waals surface area contributed by atoms with Crippen molar-refractivity contribution in [3.8, 4) is 0 Å². The Hall–Kier alpha value is -0.420. The van der Waals surface area contributed by atoms with Gasteiger partial charge in [0.1, 0.15) is 5.82 Å². The predicted molar refractivity (Wildman–Crippen MR) is 81.1 cm³/mol. The van der Waals surface area contributed by atoms with Crippen LogP contribution in [0.4, 0.5) is 4.39 Å². The van der Waals surface area contributed by atoms with Crippen LogP contribution in [0, 0.1) is 11.2 Å². The van der Waals surface area contributed by atoms with E-state index in [1.54, 1.807) is 12.1 Å². The zero-order valence-electron chi connectivity index (χ0n) is 10.5. The van der Waals surface area contributed by atoms with Crippen LogP contribution in [0.1, 0.15) is 36.0 Å². The number of hydrogen-bond donors (Lipinski definition) is 1. The number of hydrogen-bond acceptors (Lipinski definition) is 1. The molecule has 1 N–H and O–H groups in total. The first-order valence-electron chi connectivity index (χ1n) is 6.36. The first kappa shape index (κ1) is 15.0. The number of carbonyl (C=O) groups excluding carboxylic acids is 1. The lowest BCUT2D eigenvalue weighted by Crippen LogP contribution is -2.37. The van der Waals surface area contributed by atoms with Crippen molar-refractivity contribution in [3.05, 3.63) is 34.1 Å². The Morgan fingerprint density at radius 1 is 1.37 bits per heavy atom. The second-order valence-electron chi connectivity index (χ2n) is 5.15. The fourth-order valence-electron chi connectivity index (χ4n) is 2.49. The average molecular weight is 393 g/mol. The summed E-state index contributed by atoms with van der Waals surface area (Å²) in [5.41, 5.74) is 0.534. The molecule has 0 unspecified atom stereocenters. The van der Waals surface area contributed by atoms with Crippen molar-refractivity contribution in [1.82, 2.24) is 5.32 Å². The SMILES string of the molecule is O=C(NCC1(CBr)CCCC1)c1ccc(Br)c(F)c1. The molecule has 1 amide bonds. The molecular formula is C14H16Br2FNO. The van der Waals surface area contributed by atoms with Gasteiger partial charge in [0, 0.05) is 17.4 Å². The van der Waals surface area contributed by atoms with Gasteiger partial charge in [0.05, 0.1) is 4.47 Å². The number of rotatable bonds is 4. The van der Waals surface area contributed by atoms with Crippen LogP contribution in [0.5, 0.6) is 0 Å². The highest BCUT2D eigenvalue weighted by molar-refractivity contribution is 9.10. The lowest BCUT2D eigenvalue weighted by Gasteiger charge is -2.26. The summed E-state index contributed by atoms with van der Waals surface area (Å²) in [5.74, 6) is -0.623. The van der Waals surface area contributed by atoms with Gasteiger partial charge in [0.2, 0.25) is 0 Å². The highest BCUT2D eigenvalue weighted by Crippen LogP contribution is 2.39. The van der Waals surface area contributed by atoms with Crippen molar-refractivity contribution in [3.63, 3.8) is 0 Å². The van der Waals surface area contributed by atoms with Gasteiger partial charge < -0.3 is 5.32 Å². The Labute approximate surface area is 129 Å². The van der Waals surface area contributed by atoms with Gasteiger partial charge in [-0.1, -0.05) is 28.8 Å². The van der Waals surface area contributed by atoms with Crippen LogP contribution in [0.25, 0.3) is 0 Å². The second kappa shape index (κ2) is 6.35. The Morgan fingerprint density at radius 2 is 2.05 bits per heavy atom. The smallest absolute Gasteiger partial charge is 0.251 e. The lowest BCUT2D eigenvalue weighted by atomic mass is 9.89. The Balaban J connectivity index is 1.99. The Kier molecular flexibility index (Phi) is 5.01. The number of carbonyl (C=O) groups is 1. The minimum Gasteiger partial charge on any atom is -0.351 e. The predicted octanol–water partition coefficient (Wildman–Crippen LogP) is 4.27. The van der Waals surface area contributed by atoms with E-state index >= 15 is 0 Å². The summed E-state index contributed by atoms with van der Waals surface area (Å²) in [5, 5.41) is 3.83. The van der Waals surface area contributed by atoms with Crippen LogP contribution in [-0.4, -0.2) is 17.8 Å². The fourth-order valence-corrected chi connectivity index (χ4v) is 3.50. The third kappa shape index (κ3) is 3.57. The van der Waals surface area contributed by atoms with E-state index < -0.39 is 5.82 Å². The summed E-state index contributed by atoms with van der Waals surface area (Å²) in [7, 11) is 0. The van der Waals surface area contributed by atoms with Gasteiger partial charge in [0.25, 0.3) is 5.91 Å². The van der Waals surface area contributed by atoms with Crippen molar-refractivity contribution < 1.29 is 9.18 Å². The molecule has 1 aromatic carbocycles. The molecule has 1 aliphatic rings. The molecule has 0 heterocycles. The van der Waals surface area contributed by atoms with E-state index in [0.29, 0.717) is 16.6 Å². The maximum Gasteiger partial charge on any atom is 0.251 e. The van der Waals surface area contributed by atoms with E-state index in [0.717, 1.165) is 18.2 Å².